The molecule has 7 heteroatoms. The predicted molar refractivity (Wildman–Crippen MR) is 139 cm³/mol. The Balaban J connectivity index is 1.38. The predicted octanol–water partition coefficient (Wildman–Crippen LogP) is 4.29. The minimum Gasteiger partial charge on any atom is -0.353 e. The van der Waals surface area contributed by atoms with Gasteiger partial charge in [-0.1, -0.05) is 62.4 Å². The van der Waals surface area contributed by atoms with Gasteiger partial charge in [-0.15, -0.1) is 0 Å². The highest BCUT2D eigenvalue weighted by Crippen LogP contribution is 2.23. The monoisotopic (exact) mass is 473 g/mol. The number of benzene rings is 1. The van der Waals surface area contributed by atoms with E-state index in [9.17, 15) is 9.59 Å². The number of piperidine rings is 1. The van der Waals surface area contributed by atoms with Crippen molar-refractivity contribution in [3.8, 4) is 0 Å². The lowest BCUT2D eigenvalue weighted by molar-refractivity contribution is -0.126. The van der Waals surface area contributed by atoms with Gasteiger partial charge in [-0.2, -0.15) is 0 Å². The van der Waals surface area contributed by atoms with Gasteiger partial charge < -0.3 is 10.2 Å². The summed E-state index contributed by atoms with van der Waals surface area (Å²) in [5.74, 6) is 0.430. The highest BCUT2D eigenvalue weighted by molar-refractivity contribution is 5.80. The molecule has 1 saturated carbocycles. The summed E-state index contributed by atoms with van der Waals surface area (Å²) in [5.41, 5.74) is 2.16. The summed E-state index contributed by atoms with van der Waals surface area (Å²) in [6.07, 6.45) is 11.8. The van der Waals surface area contributed by atoms with Crippen LogP contribution in [0.1, 0.15) is 63.4 Å². The molecule has 1 aliphatic carbocycles. The van der Waals surface area contributed by atoms with Gasteiger partial charge in [0.1, 0.15) is 5.52 Å². The summed E-state index contributed by atoms with van der Waals surface area (Å²) in [7, 11) is 0. The molecule has 1 amide bonds. The van der Waals surface area contributed by atoms with Crippen molar-refractivity contribution in [2.75, 3.05) is 18.0 Å². The molecule has 5 rings (SSSR count). The van der Waals surface area contributed by atoms with Crippen molar-refractivity contribution in [3.05, 3.63) is 64.6 Å². The van der Waals surface area contributed by atoms with Gasteiger partial charge in [0.15, 0.2) is 11.5 Å². The zero-order valence-corrected chi connectivity index (χ0v) is 20.4. The van der Waals surface area contributed by atoms with Gasteiger partial charge >= 0.3 is 0 Å². The first-order chi connectivity index (χ1) is 17.2. The van der Waals surface area contributed by atoms with Gasteiger partial charge in [0.2, 0.25) is 5.91 Å². The number of nitrogens with zero attached hydrogens (tertiary/aromatic N) is 4. The number of aromatic nitrogens is 3. The minimum absolute atomic E-state index is 0.123. The standard InChI is InChI=1S/C28H35N5O2/c34-27(30-23-14-7-2-1-3-8-15-23)22-13-10-18-32(20-22)26-28(35)33(19-21-11-5-4-6-12-21)25-24(31-26)16-9-17-29-25/h4-6,9,11-12,16-17,22-23H,1-3,7-8,10,13-15,18-20H2,(H,30,34)/t22-/m1/s1. The number of rotatable bonds is 5. The first-order valence-corrected chi connectivity index (χ1v) is 13.1. The maximum Gasteiger partial charge on any atom is 0.295 e. The van der Waals surface area contributed by atoms with Crippen LogP contribution in [0.25, 0.3) is 11.2 Å². The molecule has 3 aromatic rings. The van der Waals surface area contributed by atoms with E-state index >= 15 is 0 Å². The number of anilines is 1. The molecule has 0 radical (unpaired) electrons. The Labute approximate surface area is 206 Å². The van der Waals surface area contributed by atoms with E-state index in [1.54, 1.807) is 10.8 Å². The highest BCUT2D eigenvalue weighted by atomic mass is 16.2. The SMILES string of the molecule is O=C(NC1CCCCCCC1)[C@@H]1CCCN(c2nc3cccnc3n(Cc3ccccc3)c2=O)C1. The zero-order chi connectivity index (χ0) is 24.0. The van der Waals surface area contributed by atoms with Gasteiger partial charge in [-0.25, -0.2) is 9.97 Å². The van der Waals surface area contributed by atoms with Crippen molar-refractivity contribution in [2.45, 2.75) is 70.4 Å². The maximum absolute atomic E-state index is 13.7. The first-order valence-electron chi connectivity index (χ1n) is 13.1. The minimum atomic E-state index is -0.152. The largest absolute Gasteiger partial charge is 0.353 e. The van der Waals surface area contributed by atoms with Crippen LogP contribution in [0, 0.1) is 5.92 Å². The van der Waals surface area contributed by atoms with Crippen LogP contribution in [0.2, 0.25) is 0 Å². The Hall–Kier alpha value is -3.22. The van der Waals surface area contributed by atoms with Gasteiger partial charge in [0.05, 0.1) is 12.5 Å². The summed E-state index contributed by atoms with van der Waals surface area (Å²) < 4.78 is 1.71. The Morgan fingerprint density at radius 1 is 0.943 bits per heavy atom. The summed E-state index contributed by atoms with van der Waals surface area (Å²) in [6, 6.07) is 14.0. The molecular formula is C28H35N5O2. The van der Waals surface area contributed by atoms with Crippen molar-refractivity contribution in [2.24, 2.45) is 5.92 Å². The smallest absolute Gasteiger partial charge is 0.295 e. The lowest BCUT2D eigenvalue weighted by Gasteiger charge is -2.33. The molecule has 1 aromatic carbocycles. The molecule has 0 unspecified atom stereocenters. The third kappa shape index (κ3) is 5.55. The van der Waals surface area contributed by atoms with E-state index in [-0.39, 0.29) is 23.4 Å². The van der Waals surface area contributed by atoms with E-state index < -0.39 is 0 Å². The van der Waals surface area contributed by atoms with Crippen LogP contribution in [0.3, 0.4) is 0 Å². The molecular weight excluding hydrogens is 438 g/mol. The molecule has 1 N–H and O–H groups in total. The topological polar surface area (TPSA) is 80.1 Å². The molecule has 1 aliphatic heterocycles. The van der Waals surface area contributed by atoms with Gasteiger partial charge in [-0.05, 0) is 43.4 Å². The second-order valence-electron chi connectivity index (χ2n) is 9.99. The van der Waals surface area contributed by atoms with Crippen molar-refractivity contribution < 1.29 is 4.79 Å². The summed E-state index contributed by atoms with van der Waals surface area (Å²) in [5, 5.41) is 3.34. The number of carbonyl (C=O) groups is 1. The van der Waals surface area contributed by atoms with E-state index in [1.807, 2.05) is 47.4 Å². The summed E-state index contributed by atoms with van der Waals surface area (Å²) >= 11 is 0. The molecule has 0 spiro atoms. The lowest BCUT2D eigenvalue weighted by Crippen LogP contribution is -2.47. The molecule has 2 fully saturated rings. The Kier molecular flexibility index (Phi) is 7.40. The maximum atomic E-state index is 13.7. The third-order valence-electron chi connectivity index (χ3n) is 7.41. The molecule has 0 bridgehead atoms. The third-order valence-corrected chi connectivity index (χ3v) is 7.41. The molecule has 35 heavy (non-hydrogen) atoms. The Bertz CT molecular complexity index is 1200. The van der Waals surface area contributed by atoms with E-state index in [4.69, 9.17) is 4.98 Å². The van der Waals surface area contributed by atoms with Crippen molar-refractivity contribution in [1.82, 2.24) is 19.9 Å². The fourth-order valence-corrected chi connectivity index (χ4v) is 5.48. The number of nitrogens with one attached hydrogen (secondary N) is 1. The highest BCUT2D eigenvalue weighted by Gasteiger charge is 2.30. The molecule has 184 valence electrons. The van der Waals surface area contributed by atoms with Crippen molar-refractivity contribution in [3.63, 3.8) is 0 Å². The van der Waals surface area contributed by atoms with Gasteiger partial charge in [0.25, 0.3) is 5.56 Å². The number of amides is 1. The van der Waals surface area contributed by atoms with E-state index in [0.717, 1.165) is 37.8 Å². The van der Waals surface area contributed by atoms with Gasteiger partial charge in [-0.3, -0.25) is 14.2 Å². The summed E-state index contributed by atoms with van der Waals surface area (Å²) in [4.78, 5) is 38.1. The summed E-state index contributed by atoms with van der Waals surface area (Å²) in [6.45, 7) is 1.69. The second kappa shape index (κ2) is 11.0. The normalized spacial score (nSPS) is 19.8. The lowest BCUT2D eigenvalue weighted by atomic mass is 9.94. The Morgan fingerprint density at radius 2 is 1.71 bits per heavy atom. The first kappa shape index (κ1) is 23.5. The molecule has 1 saturated heterocycles. The molecule has 1 atom stereocenters. The van der Waals surface area contributed by atoms with E-state index in [2.05, 4.69) is 10.3 Å². The fraction of sp³-hybridized carbons (Fsp3) is 0.500. The van der Waals surface area contributed by atoms with E-state index in [0.29, 0.717) is 30.1 Å². The van der Waals surface area contributed by atoms with Crippen LogP contribution in [0.5, 0.6) is 0 Å². The average Bonchev–Trinajstić information content (AvgIpc) is 2.88. The average molecular weight is 474 g/mol. The van der Waals surface area contributed by atoms with Gasteiger partial charge in [0, 0.05) is 25.3 Å². The number of pyridine rings is 1. The van der Waals surface area contributed by atoms with Crippen molar-refractivity contribution >= 4 is 22.9 Å². The number of hydrogen-bond acceptors (Lipinski definition) is 5. The van der Waals surface area contributed by atoms with E-state index in [1.165, 1.54) is 32.1 Å². The molecule has 3 heterocycles. The van der Waals surface area contributed by atoms with Crippen molar-refractivity contribution in [1.29, 1.82) is 0 Å². The number of hydrogen-bond donors (Lipinski definition) is 1. The van der Waals surface area contributed by atoms with Crippen LogP contribution in [-0.2, 0) is 11.3 Å². The molecule has 2 aliphatic rings. The molecule has 2 aromatic heterocycles. The second-order valence-corrected chi connectivity index (χ2v) is 9.99. The Morgan fingerprint density at radius 3 is 2.51 bits per heavy atom. The van der Waals surface area contributed by atoms with Crippen LogP contribution in [0.15, 0.2) is 53.5 Å². The number of carbonyl (C=O) groups excluding carboxylic acids is 1. The van der Waals surface area contributed by atoms with Crippen LogP contribution < -0.4 is 15.8 Å². The quantitative estimate of drug-likeness (QED) is 0.598. The molecule has 7 nitrogen and oxygen atoms in total. The number of fused-ring (bicyclic) bond motifs is 1. The van der Waals surface area contributed by atoms with Crippen LogP contribution in [0.4, 0.5) is 5.82 Å². The van der Waals surface area contributed by atoms with Crippen LogP contribution >= 0.6 is 0 Å². The van der Waals surface area contributed by atoms with Crippen LogP contribution in [-0.4, -0.2) is 39.6 Å². The fourth-order valence-electron chi connectivity index (χ4n) is 5.48. The zero-order valence-electron chi connectivity index (χ0n) is 20.4.